The van der Waals surface area contributed by atoms with E-state index in [1.54, 1.807) is 0 Å². The maximum atomic E-state index is 5.87. The van der Waals surface area contributed by atoms with Gasteiger partial charge in [0.15, 0.2) is 0 Å². The van der Waals surface area contributed by atoms with Gasteiger partial charge in [-0.1, -0.05) is 30.3 Å². The molecule has 0 amide bonds. The van der Waals surface area contributed by atoms with Crippen LogP contribution in [0.25, 0.3) is 11.1 Å². The average molecular weight is 253 g/mol. The summed E-state index contributed by atoms with van der Waals surface area (Å²) >= 11 is 0. The average Bonchev–Trinajstić information content (AvgIpc) is 2.85. The molecule has 0 aliphatic carbocycles. The third-order valence-electron chi connectivity index (χ3n) is 3.51. The molecule has 0 spiro atoms. The third-order valence-corrected chi connectivity index (χ3v) is 3.51. The van der Waals surface area contributed by atoms with Crippen molar-refractivity contribution in [3.8, 4) is 16.9 Å². The fourth-order valence-electron chi connectivity index (χ4n) is 2.62. The van der Waals surface area contributed by atoms with E-state index in [4.69, 9.17) is 10.5 Å². The van der Waals surface area contributed by atoms with E-state index in [0.29, 0.717) is 0 Å². The monoisotopic (exact) mass is 253 g/mol. The van der Waals surface area contributed by atoms with Gasteiger partial charge in [0.1, 0.15) is 5.75 Å². The minimum atomic E-state index is 0.198. The first-order valence-corrected chi connectivity index (χ1v) is 6.83. The quantitative estimate of drug-likeness (QED) is 0.911. The van der Waals surface area contributed by atoms with E-state index in [1.165, 1.54) is 22.3 Å². The van der Waals surface area contributed by atoms with Gasteiger partial charge in [-0.2, -0.15) is 0 Å². The lowest BCUT2D eigenvalue weighted by atomic mass is 9.98. The summed E-state index contributed by atoms with van der Waals surface area (Å²) in [5, 5.41) is 0. The van der Waals surface area contributed by atoms with E-state index in [2.05, 4.69) is 42.5 Å². The minimum Gasteiger partial charge on any atom is -0.493 e. The van der Waals surface area contributed by atoms with Crippen molar-refractivity contribution in [3.05, 3.63) is 53.6 Å². The lowest BCUT2D eigenvalue weighted by Crippen LogP contribution is -2.17. The molecule has 3 rings (SSSR count). The first-order valence-electron chi connectivity index (χ1n) is 6.83. The maximum Gasteiger partial charge on any atom is 0.122 e. The van der Waals surface area contributed by atoms with Crippen molar-refractivity contribution in [1.29, 1.82) is 0 Å². The molecule has 19 heavy (non-hydrogen) atoms. The van der Waals surface area contributed by atoms with Gasteiger partial charge in [-0.25, -0.2) is 0 Å². The zero-order chi connectivity index (χ0) is 13.2. The van der Waals surface area contributed by atoms with E-state index < -0.39 is 0 Å². The summed E-state index contributed by atoms with van der Waals surface area (Å²) in [4.78, 5) is 0. The van der Waals surface area contributed by atoms with Gasteiger partial charge in [0, 0.05) is 12.5 Å². The molecule has 0 fully saturated rings. The molecule has 2 N–H and O–H groups in total. The fraction of sp³-hybridized carbons (Fsp3) is 0.294. The van der Waals surface area contributed by atoms with Crippen LogP contribution in [0.3, 0.4) is 0 Å². The highest BCUT2D eigenvalue weighted by molar-refractivity contribution is 5.66. The summed E-state index contributed by atoms with van der Waals surface area (Å²) in [5.41, 5.74) is 11.0. The van der Waals surface area contributed by atoms with Crippen LogP contribution in [0.15, 0.2) is 42.5 Å². The molecule has 2 aromatic rings. The van der Waals surface area contributed by atoms with E-state index in [1.807, 2.05) is 6.92 Å². The molecule has 0 radical (unpaired) electrons. The Morgan fingerprint density at radius 3 is 2.84 bits per heavy atom. The van der Waals surface area contributed by atoms with Gasteiger partial charge in [-0.05, 0) is 47.7 Å². The van der Waals surface area contributed by atoms with Crippen LogP contribution in [0.5, 0.6) is 5.75 Å². The Labute approximate surface area is 114 Å². The van der Waals surface area contributed by atoms with E-state index in [0.717, 1.165) is 25.2 Å². The molecular formula is C17H19NO. The van der Waals surface area contributed by atoms with Crippen molar-refractivity contribution in [2.24, 2.45) is 5.73 Å². The van der Waals surface area contributed by atoms with Gasteiger partial charge in [0.2, 0.25) is 0 Å². The highest BCUT2D eigenvalue weighted by Gasteiger charge is 2.12. The Bertz CT molecular complexity index is 590. The molecule has 0 saturated heterocycles. The molecule has 1 unspecified atom stereocenters. The molecule has 1 atom stereocenters. The molecule has 2 aromatic carbocycles. The van der Waals surface area contributed by atoms with Crippen LogP contribution >= 0.6 is 0 Å². The minimum absolute atomic E-state index is 0.198. The standard InChI is InChI=1S/C17H19NO/c1-12(18)9-13-3-2-4-14(10-13)15-5-6-17-16(11-15)7-8-19-17/h2-6,10-12H,7-9,18H2,1H3. The molecule has 1 aliphatic rings. The molecule has 2 heteroatoms. The number of nitrogens with two attached hydrogens (primary N) is 1. The van der Waals surface area contributed by atoms with Gasteiger partial charge < -0.3 is 10.5 Å². The van der Waals surface area contributed by atoms with Crippen LogP contribution in [-0.4, -0.2) is 12.6 Å². The molecule has 0 saturated carbocycles. The number of fused-ring (bicyclic) bond motifs is 1. The SMILES string of the molecule is CC(N)Cc1cccc(-c2ccc3c(c2)CCO3)c1. The van der Waals surface area contributed by atoms with Crippen molar-refractivity contribution in [2.45, 2.75) is 25.8 Å². The lowest BCUT2D eigenvalue weighted by Gasteiger charge is -2.09. The molecule has 2 nitrogen and oxygen atoms in total. The Morgan fingerprint density at radius 2 is 2.00 bits per heavy atom. The van der Waals surface area contributed by atoms with Gasteiger partial charge in [0.25, 0.3) is 0 Å². The molecule has 0 bridgehead atoms. The predicted molar refractivity (Wildman–Crippen MR) is 78.4 cm³/mol. The summed E-state index contributed by atoms with van der Waals surface area (Å²) in [6.07, 6.45) is 1.94. The number of hydrogen-bond donors (Lipinski definition) is 1. The first kappa shape index (κ1) is 12.2. The van der Waals surface area contributed by atoms with Crippen LogP contribution < -0.4 is 10.5 Å². The number of ether oxygens (including phenoxy) is 1. The van der Waals surface area contributed by atoms with Gasteiger partial charge in [-0.3, -0.25) is 0 Å². The topological polar surface area (TPSA) is 35.2 Å². The van der Waals surface area contributed by atoms with E-state index in [-0.39, 0.29) is 6.04 Å². The summed E-state index contributed by atoms with van der Waals surface area (Å²) in [6, 6.07) is 15.3. The van der Waals surface area contributed by atoms with Crippen LogP contribution in [-0.2, 0) is 12.8 Å². The van der Waals surface area contributed by atoms with Crippen LogP contribution in [0, 0.1) is 0 Å². The fourth-order valence-corrected chi connectivity index (χ4v) is 2.62. The van der Waals surface area contributed by atoms with Crippen molar-refractivity contribution < 1.29 is 4.74 Å². The first-order chi connectivity index (χ1) is 9.22. The number of rotatable bonds is 3. The Kier molecular flexibility index (Phi) is 3.26. The Balaban J connectivity index is 1.93. The molecule has 0 aromatic heterocycles. The summed E-state index contributed by atoms with van der Waals surface area (Å²) in [7, 11) is 0. The van der Waals surface area contributed by atoms with Gasteiger partial charge >= 0.3 is 0 Å². The largest absolute Gasteiger partial charge is 0.493 e. The highest BCUT2D eigenvalue weighted by Crippen LogP contribution is 2.30. The summed E-state index contributed by atoms with van der Waals surface area (Å²) in [5.74, 6) is 1.04. The van der Waals surface area contributed by atoms with E-state index >= 15 is 0 Å². The van der Waals surface area contributed by atoms with Crippen LogP contribution in [0.4, 0.5) is 0 Å². The Morgan fingerprint density at radius 1 is 1.16 bits per heavy atom. The number of hydrogen-bond acceptors (Lipinski definition) is 2. The highest BCUT2D eigenvalue weighted by atomic mass is 16.5. The second-order valence-electron chi connectivity index (χ2n) is 5.30. The smallest absolute Gasteiger partial charge is 0.122 e. The van der Waals surface area contributed by atoms with E-state index in [9.17, 15) is 0 Å². The maximum absolute atomic E-state index is 5.87. The Hall–Kier alpha value is -1.80. The zero-order valence-corrected chi connectivity index (χ0v) is 11.2. The molecule has 1 heterocycles. The van der Waals surface area contributed by atoms with Gasteiger partial charge in [0.05, 0.1) is 6.61 Å². The second kappa shape index (κ2) is 5.06. The molecular weight excluding hydrogens is 234 g/mol. The van der Waals surface area contributed by atoms with Crippen molar-refractivity contribution in [2.75, 3.05) is 6.61 Å². The van der Waals surface area contributed by atoms with Crippen LogP contribution in [0.1, 0.15) is 18.1 Å². The summed E-state index contributed by atoms with van der Waals surface area (Å²) in [6.45, 7) is 2.85. The van der Waals surface area contributed by atoms with Crippen molar-refractivity contribution in [1.82, 2.24) is 0 Å². The van der Waals surface area contributed by atoms with Crippen molar-refractivity contribution >= 4 is 0 Å². The zero-order valence-electron chi connectivity index (χ0n) is 11.2. The van der Waals surface area contributed by atoms with Crippen LogP contribution in [0.2, 0.25) is 0 Å². The molecule has 98 valence electrons. The van der Waals surface area contributed by atoms with Crippen molar-refractivity contribution in [3.63, 3.8) is 0 Å². The number of benzene rings is 2. The predicted octanol–water partition coefficient (Wildman–Crippen LogP) is 3.18. The summed E-state index contributed by atoms with van der Waals surface area (Å²) < 4.78 is 5.55. The molecule has 1 aliphatic heterocycles. The third kappa shape index (κ3) is 2.64. The lowest BCUT2D eigenvalue weighted by molar-refractivity contribution is 0.357. The normalized spacial score (nSPS) is 14.8. The van der Waals surface area contributed by atoms with Gasteiger partial charge in [-0.15, -0.1) is 0 Å². The second-order valence-corrected chi connectivity index (χ2v) is 5.30.